The van der Waals surface area contributed by atoms with E-state index >= 15 is 0 Å². The molecule has 1 N–H and O–H groups in total. The normalized spacial score (nSPS) is 21.2. The summed E-state index contributed by atoms with van der Waals surface area (Å²) in [7, 11) is -0.631. The van der Waals surface area contributed by atoms with Gasteiger partial charge in [-0.3, -0.25) is 4.79 Å². The van der Waals surface area contributed by atoms with Crippen molar-refractivity contribution in [1.82, 2.24) is 9.21 Å². The van der Waals surface area contributed by atoms with E-state index in [2.05, 4.69) is 0 Å². The summed E-state index contributed by atoms with van der Waals surface area (Å²) in [4.78, 5) is 13.5. The summed E-state index contributed by atoms with van der Waals surface area (Å²) in [6.45, 7) is 5.22. The molecule has 0 saturated carbocycles. The zero-order valence-corrected chi connectivity index (χ0v) is 20.5. The molecule has 0 unspecified atom stereocenters. The van der Waals surface area contributed by atoms with Crippen LogP contribution in [0.2, 0.25) is 0 Å². The minimum absolute atomic E-state index is 0.0439. The number of rotatable bonds is 6. The molecule has 180 valence electrons. The van der Waals surface area contributed by atoms with Crippen LogP contribution in [0.5, 0.6) is 11.5 Å². The molecule has 33 heavy (non-hydrogen) atoms. The quantitative estimate of drug-likeness (QED) is 0.689. The highest BCUT2D eigenvalue weighted by molar-refractivity contribution is 7.89. The van der Waals surface area contributed by atoms with Gasteiger partial charge in [0.15, 0.2) is 0 Å². The monoisotopic (exact) mass is 476 g/mol. The van der Waals surface area contributed by atoms with Gasteiger partial charge in [0.2, 0.25) is 15.9 Å². The van der Waals surface area contributed by atoms with Crippen molar-refractivity contribution in [3.05, 3.63) is 42.5 Å². The fourth-order valence-corrected chi connectivity index (χ4v) is 5.63. The predicted octanol–water partition coefficient (Wildman–Crippen LogP) is 2.61. The summed E-state index contributed by atoms with van der Waals surface area (Å²) < 4.78 is 39.9. The van der Waals surface area contributed by atoms with Gasteiger partial charge in [-0.2, -0.15) is 4.31 Å². The Morgan fingerprint density at radius 3 is 2.45 bits per heavy atom. The second-order valence-electron chi connectivity index (χ2n) is 8.53. The average molecular weight is 477 g/mol. The van der Waals surface area contributed by atoms with Crippen molar-refractivity contribution in [1.29, 1.82) is 0 Å². The van der Waals surface area contributed by atoms with Crippen LogP contribution in [0.4, 0.5) is 0 Å². The molecule has 0 radical (unpaired) electrons. The van der Waals surface area contributed by atoms with Crippen molar-refractivity contribution in [2.75, 3.05) is 33.9 Å². The van der Waals surface area contributed by atoms with Gasteiger partial charge in [0, 0.05) is 32.5 Å². The molecule has 1 aliphatic rings. The number of hydrogen-bond donors (Lipinski definition) is 1. The highest BCUT2D eigenvalue weighted by Gasteiger charge is 2.38. The van der Waals surface area contributed by atoms with Crippen molar-refractivity contribution in [2.45, 2.75) is 37.8 Å². The van der Waals surface area contributed by atoms with Crippen LogP contribution in [0.3, 0.4) is 0 Å². The van der Waals surface area contributed by atoms with Crippen molar-refractivity contribution in [3.63, 3.8) is 0 Å². The minimum atomic E-state index is -3.92. The van der Waals surface area contributed by atoms with Crippen molar-refractivity contribution in [3.8, 4) is 22.6 Å². The topological polar surface area (TPSA) is 96.4 Å². The predicted molar refractivity (Wildman–Crippen MR) is 126 cm³/mol. The number of hydrogen-bond acceptors (Lipinski definition) is 6. The fraction of sp³-hybridized carbons (Fsp3) is 0.458. The molecule has 0 saturated heterocycles. The molecule has 3 rings (SSSR count). The largest absolute Gasteiger partial charge is 0.497 e. The Bertz CT molecular complexity index is 1090. The first-order chi connectivity index (χ1) is 15.6. The molecule has 0 fully saturated rings. The number of carbonyl (C=O) groups is 1. The average Bonchev–Trinajstić information content (AvgIpc) is 2.80. The highest BCUT2D eigenvalue weighted by atomic mass is 32.2. The number of aliphatic hydroxyl groups is 1. The highest BCUT2D eigenvalue weighted by Crippen LogP contribution is 2.36. The third-order valence-electron chi connectivity index (χ3n) is 6.08. The standard InChI is InChI=1S/C24H32N2O6S/c1-16-13-26(17(2)15-27)33(29,30)24-11-8-20(19-6-9-21(31-5)10-7-19)12-22(24)32-23(16)14-25(4)18(3)28/h6-12,16-17,23,27H,13-15H2,1-5H3/t16-,17+,23-/m0/s1. The Kier molecular flexibility index (Phi) is 7.66. The van der Waals surface area contributed by atoms with Crippen LogP contribution >= 0.6 is 0 Å². The van der Waals surface area contributed by atoms with Crippen LogP contribution < -0.4 is 9.47 Å². The smallest absolute Gasteiger partial charge is 0.247 e. The molecule has 0 bridgehead atoms. The molecule has 8 nitrogen and oxygen atoms in total. The Balaban J connectivity index is 2.12. The maximum Gasteiger partial charge on any atom is 0.247 e. The zero-order valence-electron chi connectivity index (χ0n) is 19.7. The molecule has 0 spiro atoms. The molecule has 1 aliphatic heterocycles. The van der Waals surface area contributed by atoms with Gasteiger partial charge in [0.25, 0.3) is 0 Å². The molecule has 1 heterocycles. The molecular weight excluding hydrogens is 444 g/mol. The third-order valence-corrected chi connectivity index (χ3v) is 8.10. The first-order valence-electron chi connectivity index (χ1n) is 10.9. The number of ether oxygens (including phenoxy) is 2. The summed E-state index contributed by atoms with van der Waals surface area (Å²) in [5.41, 5.74) is 1.67. The SMILES string of the molecule is COc1ccc(-c2ccc3c(c2)O[C@@H](CN(C)C(C)=O)[C@@H](C)CN([C@H](C)CO)S3(=O)=O)cc1. The van der Waals surface area contributed by atoms with Crippen LogP contribution in [0.1, 0.15) is 20.8 Å². The number of fused-ring (bicyclic) bond motifs is 1. The molecule has 9 heteroatoms. The lowest BCUT2D eigenvalue weighted by atomic mass is 10.0. The van der Waals surface area contributed by atoms with Crippen LogP contribution in [-0.4, -0.2) is 74.6 Å². The summed E-state index contributed by atoms with van der Waals surface area (Å²) in [6, 6.07) is 11.9. The molecule has 1 amide bonds. The number of amides is 1. The van der Waals surface area contributed by atoms with E-state index in [1.54, 1.807) is 44.2 Å². The van der Waals surface area contributed by atoms with Gasteiger partial charge in [-0.15, -0.1) is 0 Å². The van der Waals surface area contributed by atoms with E-state index in [1.807, 2.05) is 31.2 Å². The van der Waals surface area contributed by atoms with Crippen molar-refractivity contribution >= 4 is 15.9 Å². The van der Waals surface area contributed by atoms with Gasteiger partial charge in [0.05, 0.1) is 20.3 Å². The third kappa shape index (κ3) is 5.31. The molecular formula is C24H32N2O6S. The van der Waals surface area contributed by atoms with Gasteiger partial charge < -0.3 is 19.5 Å². The second kappa shape index (κ2) is 10.1. The Morgan fingerprint density at radius 2 is 1.88 bits per heavy atom. The van der Waals surface area contributed by atoms with Crippen LogP contribution in [0.15, 0.2) is 47.4 Å². The number of carbonyl (C=O) groups excluding carboxylic acids is 1. The molecule has 2 aromatic carbocycles. The number of benzene rings is 2. The van der Waals surface area contributed by atoms with E-state index in [-0.39, 0.29) is 35.6 Å². The maximum atomic E-state index is 13.5. The van der Waals surface area contributed by atoms with Gasteiger partial charge in [-0.05, 0) is 42.3 Å². The number of nitrogens with zero attached hydrogens (tertiary/aromatic N) is 2. The van der Waals surface area contributed by atoms with E-state index in [1.165, 1.54) is 11.2 Å². The summed E-state index contributed by atoms with van der Waals surface area (Å²) in [5, 5.41) is 9.73. The van der Waals surface area contributed by atoms with E-state index in [9.17, 15) is 18.3 Å². The first kappa shape index (κ1) is 25.0. The van der Waals surface area contributed by atoms with E-state index in [0.717, 1.165) is 16.9 Å². The van der Waals surface area contributed by atoms with E-state index in [4.69, 9.17) is 9.47 Å². The van der Waals surface area contributed by atoms with Crippen LogP contribution in [0.25, 0.3) is 11.1 Å². The van der Waals surface area contributed by atoms with Crippen molar-refractivity contribution < 1.29 is 27.8 Å². The first-order valence-corrected chi connectivity index (χ1v) is 12.3. The number of sulfonamides is 1. The Morgan fingerprint density at radius 1 is 1.24 bits per heavy atom. The lowest BCUT2D eigenvalue weighted by Crippen LogP contribution is -2.50. The number of aliphatic hydroxyl groups excluding tert-OH is 1. The lowest BCUT2D eigenvalue weighted by molar-refractivity contribution is -0.129. The molecule has 2 aromatic rings. The second-order valence-corrected chi connectivity index (χ2v) is 10.4. The molecule has 0 aliphatic carbocycles. The van der Waals surface area contributed by atoms with Crippen LogP contribution in [0, 0.1) is 5.92 Å². The molecule has 0 aromatic heterocycles. The van der Waals surface area contributed by atoms with E-state index in [0.29, 0.717) is 6.54 Å². The van der Waals surface area contributed by atoms with E-state index < -0.39 is 22.2 Å². The fourth-order valence-electron chi connectivity index (χ4n) is 3.80. The summed E-state index contributed by atoms with van der Waals surface area (Å²) in [5.74, 6) is 0.618. The van der Waals surface area contributed by atoms with Gasteiger partial charge in [-0.1, -0.05) is 25.1 Å². The van der Waals surface area contributed by atoms with Gasteiger partial charge in [0.1, 0.15) is 22.5 Å². The van der Waals surface area contributed by atoms with Crippen molar-refractivity contribution in [2.24, 2.45) is 5.92 Å². The maximum absolute atomic E-state index is 13.5. The van der Waals surface area contributed by atoms with Gasteiger partial charge >= 0.3 is 0 Å². The Labute approximate surface area is 195 Å². The number of methoxy groups -OCH3 is 1. The lowest BCUT2D eigenvalue weighted by Gasteiger charge is -2.37. The van der Waals surface area contributed by atoms with Gasteiger partial charge in [-0.25, -0.2) is 8.42 Å². The molecule has 3 atom stereocenters. The van der Waals surface area contributed by atoms with Crippen LogP contribution in [-0.2, 0) is 14.8 Å². The zero-order chi connectivity index (χ0) is 24.3. The Hall–Kier alpha value is -2.62. The number of likely N-dealkylation sites (N-methyl/N-ethyl adjacent to an activating group) is 1. The summed E-state index contributed by atoms with van der Waals surface area (Å²) in [6.07, 6.45) is -0.437. The minimum Gasteiger partial charge on any atom is -0.497 e. The summed E-state index contributed by atoms with van der Waals surface area (Å²) >= 11 is 0.